The van der Waals surface area contributed by atoms with Crippen molar-refractivity contribution in [1.29, 1.82) is 0 Å². The SMILES string of the molecule is CCc1cccc(CNC[C@H](O)[C@H](Cc2cc(F)cc(F)c2)NC(=O)c2nc(NS(C)(=O)=O)oc2C)c1. The van der Waals surface area contributed by atoms with Crippen molar-refractivity contribution in [3.63, 3.8) is 0 Å². The molecular formula is C25H30F2N4O5S. The molecule has 2 atom stereocenters. The number of aryl methyl sites for hydroxylation is 2. The number of anilines is 1. The van der Waals surface area contributed by atoms with Gasteiger partial charge in [0.1, 0.15) is 17.4 Å². The zero-order valence-electron chi connectivity index (χ0n) is 20.7. The predicted octanol–water partition coefficient (Wildman–Crippen LogP) is 2.69. The Morgan fingerprint density at radius 1 is 1.11 bits per heavy atom. The number of aliphatic hydroxyl groups excluding tert-OH is 1. The van der Waals surface area contributed by atoms with Crippen LogP contribution in [0.1, 0.15) is 39.9 Å². The fourth-order valence-electron chi connectivity index (χ4n) is 3.78. The Bertz CT molecular complexity index is 1330. The summed E-state index contributed by atoms with van der Waals surface area (Å²) in [7, 11) is -3.69. The molecule has 4 N–H and O–H groups in total. The number of hydrogen-bond donors (Lipinski definition) is 4. The molecule has 1 heterocycles. The maximum atomic E-state index is 13.8. The van der Waals surface area contributed by atoms with Crippen LogP contribution >= 0.6 is 0 Å². The van der Waals surface area contributed by atoms with E-state index in [4.69, 9.17) is 4.42 Å². The van der Waals surface area contributed by atoms with Crippen molar-refractivity contribution in [1.82, 2.24) is 15.6 Å². The van der Waals surface area contributed by atoms with Crippen LogP contribution in [0.5, 0.6) is 0 Å². The molecule has 0 aliphatic rings. The number of hydrogen-bond acceptors (Lipinski definition) is 7. The van der Waals surface area contributed by atoms with Crippen molar-refractivity contribution < 1.29 is 31.5 Å². The normalized spacial score (nSPS) is 13.2. The van der Waals surface area contributed by atoms with E-state index in [9.17, 15) is 27.1 Å². The van der Waals surface area contributed by atoms with Gasteiger partial charge in [0.25, 0.3) is 5.91 Å². The first-order chi connectivity index (χ1) is 17.4. The van der Waals surface area contributed by atoms with Crippen LogP contribution in [-0.2, 0) is 29.4 Å². The molecule has 0 saturated heterocycles. The lowest BCUT2D eigenvalue weighted by Crippen LogP contribution is -2.48. The topological polar surface area (TPSA) is 134 Å². The summed E-state index contributed by atoms with van der Waals surface area (Å²) in [6, 6.07) is 9.57. The lowest BCUT2D eigenvalue weighted by Gasteiger charge is -2.24. The molecule has 1 aromatic heterocycles. The zero-order valence-corrected chi connectivity index (χ0v) is 21.5. The minimum atomic E-state index is -3.69. The van der Waals surface area contributed by atoms with Gasteiger partial charge in [-0.25, -0.2) is 21.9 Å². The maximum Gasteiger partial charge on any atom is 0.309 e. The molecule has 9 nitrogen and oxygen atoms in total. The fourth-order valence-corrected chi connectivity index (χ4v) is 4.18. The van der Waals surface area contributed by atoms with E-state index in [0.717, 1.165) is 36.4 Å². The van der Waals surface area contributed by atoms with Crippen LogP contribution in [0.25, 0.3) is 0 Å². The number of halogens is 2. The van der Waals surface area contributed by atoms with E-state index >= 15 is 0 Å². The molecule has 0 unspecified atom stereocenters. The molecule has 0 aliphatic carbocycles. The van der Waals surface area contributed by atoms with Gasteiger partial charge in [0.2, 0.25) is 10.0 Å². The Morgan fingerprint density at radius 2 is 1.78 bits per heavy atom. The zero-order chi connectivity index (χ0) is 27.2. The molecule has 3 aromatic rings. The standard InChI is InChI=1S/C25H30F2N4O5S/c1-4-16-6-5-7-17(8-16)13-28-14-22(32)21(11-18-9-19(26)12-20(27)10-18)29-24(33)23-15(2)36-25(30-23)31-37(3,34)35/h5-10,12,21-22,28,32H,4,11,13-14H2,1-3H3,(H,29,33)(H,30,31)/t21-,22-/m0/s1. The molecule has 3 rings (SSSR count). The highest BCUT2D eigenvalue weighted by Gasteiger charge is 2.26. The number of rotatable bonds is 12. The third kappa shape index (κ3) is 8.62. The van der Waals surface area contributed by atoms with Gasteiger partial charge in [-0.05, 0) is 48.6 Å². The van der Waals surface area contributed by atoms with Crippen molar-refractivity contribution in [3.05, 3.63) is 82.2 Å². The van der Waals surface area contributed by atoms with Crippen molar-refractivity contribution in [2.75, 3.05) is 17.5 Å². The number of carbonyl (C=O) groups excluding carboxylic acids is 1. The average molecular weight is 537 g/mol. The Balaban J connectivity index is 1.75. The number of benzene rings is 2. The molecule has 1 amide bonds. The Morgan fingerprint density at radius 3 is 2.43 bits per heavy atom. The number of sulfonamides is 1. The first-order valence-corrected chi connectivity index (χ1v) is 13.5. The van der Waals surface area contributed by atoms with Gasteiger partial charge in [-0.2, -0.15) is 4.98 Å². The van der Waals surface area contributed by atoms with Crippen LogP contribution in [0.3, 0.4) is 0 Å². The number of amides is 1. The third-order valence-electron chi connectivity index (χ3n) is 5.53. The summed E-state index contributed by atoms with van der Waals surface area (Å²) in [5.74, 6) is -2.28. The van der Waals surface area contributed by atoms with Gasteiger partial charge in [-0.3, -0.25) is 4.79 Å². The molecule has 0 aliphatic heterocycles. The summed E-state index contributed by atoms with van der Waals surface area (Å²) < 4.78 is 57.7. The number of carbonyl (C=O) groups is 1. The first-order valence-electron chi connectivity index (χ1n) is 11.6. The maximum absolute atomic E-state index is 13.8. The van der Waals surface area contributed by atoms with Crippen molar-refractivity contribution in [3.8, 4) is 0 Å². The lowest BCUT2D eigenvalue weighted by atomic mass is 10.00. The highest BCUT2D eigenvalue weighted by atomic mass is 32.2. The quantitative estimate of drug-likeness (QED) is 0.280. The Labute approximate surface area is 214 Å². The molecule has 12 heteroatoms. The van der Waals surface area contributed by atoms with E-state index in [1.807, 2.05) is 29.0 Å². The van der Waals surface area contributed by atoms with E-state index in [1.54, 1.807) is 0 Å². The molecule has 0 bridgehead atoms. The molecular weight excluding hydrogens is 506 g/mol. The Kier molecular flexibility index (Phi) is 9.35. The average Bonchev–Trinajstić information content (AvgIpc) is 3.16. The lowest BCUT2D eigenvalue weighted by molar-refractivity contribution is 0.0824. The van der Waals surface area contributed by atoms with Gasteiger partial charge in [0.15, 0.2) is 5.69 Å². The van der Waals surface area contributed by atoms with Crippen molar-refractivity contribution in [2.24, 2.45) is 0 Å². The van der Waals surface area contributed by atoms with Gasteiger partial charge in [0, 0.05) is 19.2 Å². The molecule has 0 radical (unpaired) electrons. The predicted molar refractivity (Wildman–Crippen MR) is 135 cm³/mol. The largest absolute Gasteiger partial charge is 0.428 e. The van der Waals surface area contributed by atoms with Crippen LogP contribution in [0.4, 0.5) is 14.8 Å². The van der Waals surface area contributed by atoms with E-state index in [0.29, 0.717) is 6.54 Å². The second-order valence-corrected chi connectivity index (χ2v) is 10.5. The van der Waals surface area contributed by atoms with Crippen molar-refractivity contribution >= 4 is 21.9 Å². The molecule has 2 aromatic carbocycles. The van der Waals surface area contributed by atoms with Gasteiger partial charge in [0.05, 0.1) is 18.4 Å². The van der Waals surface area contributed by atoms with Gasteiger partial charge in [-0.15, -0.1) is 0 Å². The molecule has 200 valence electrons. The highest BCUT2D eigenvalue weighted by molar-refractivity contribution is 7.91. The molecule has 0 fully saturated rings. The number of nitrogens with zero attached hydrogens (tertiary/aromatic N) is 1. The number of oxazole rings is 1. The van der Waals surface area contributed by atoms with Gasteiger partial charge < -0.3 is 20.2 Å². The van der Waals surface area contributed by atoms with Crippen LogP contribution in [0.2, 0.25) is 0 Å². The number of aliphatic hydroxyl groups is 1. The van der Waals surface area contributed by atoms with Gasteiger partial charge in [-0.1, -0.05) is 31.2 Å². The van der Waals surface area contributed by atoms with Crippen LogP contribution < -0.4 is 15.4 Å². The van der Waals surface area contributed by atoms with Crippen LogP contribution in [0.15, 0.2) is 46.9 Å². The van der Waals surface area contributed by atoms with E-state index in [2.05, 4.69) is 22.5 Å². The Hall–Kier alpha value is -3.35. The monoisotopic (exact) mass is 536 g/mol. The number of nitrogens with one attached hydrogen (secondary N) is 3. The second-order valence-electron chi connectivity index (χ2n) is 8.73. The van der Waals surface area contributed by atoms with Crippen LogP contribution in [-0.4, -0.2) is 49.4 Å². The van der Waals surface area contributed by atoms with E-state index in [1.165, 1.54) is 12.5 Å². The van der Waals surface area contributed by atoms with E-state index in [-0.39, 0.29) is 36.0 Å². The summed E-state index contributed by atoms with van der Waals surface area (Å²) in [5, 5.41) is 16.7. The molecule has 0 spiro atoms. The summed E-state index contributed by atoms with van der Waals surface area (Å²) >= 11 is 0. The minimum Gasteiger partial charge on any atom is -0.428 e. The molecule has 37 heavy (non-hydrogen) atoms. The second kappa shape index (κ2) is 12.3. The highest BCUT2D eigenvalue weighted by Crippen LogP contribution is 2.17. The van der Waals surface area contributed by atoms with Crippen LogP contribution in [0, 0.1) is 18.6 Å². The number of aromatic nitrogens is 1. The third-order valence-corrected chi connectivity index (χ3v) is 6.07. The summed E-state index contributed by atoms with van der Waals surface area (Å²) in [4.78, 5) is 16.8. The summed E-state index contributed by atoms with van der Waals surface area (Å²) in [5.41, 5.74) is 2.22. The summed E-state index contributed by atoms with van der Waals surface area (Å²) in [6.07, 6.45) is 0.560. The smallest absolute Gasteiger partial charge is 0.309 e. The minimum absolute atomic E-state index is 0.0441. The van der Waals surface area contributed by atoms with Gasteiger partial charge >= 0.3 is 6.01 Å². The molecule has 0 saturated carbocycles. The fraction of sp³-hybridized carbons (Fsp3) is 0.360. The van der Waals surface area contributed by atoms with E-state index < -0.39 is 39.7 Å². The first kappa shape index (κ1) is 28.2. The summed E-state index contributed by atoms with van der Waals surface area (Å²) in [6.45, 7) is 4.01. The van der Waals surface area contributed by atoms with Crippen molar-refractivity contribution in [2.45, 2.75) is 45.4 Å².